The lowest BCUT2D eigenvalue weighted by Gasteiger charge is -2.14. The molecule has 0 aliphatic rings. The number of likely N-dealkylation sites (N-methyl/N-ethyl adjacent to an activating group) is 1. The summed E-state index contributed by atoms with van der Waals surface area (Å²) in [5.74, 6) is 0.000147. The van der Waals surface area contributed by atoms with E-state index >= 15 is 0 Å². The second-order valence-corrected chi connectivity index (χ2v) is 5.44. The predicted octanol–water partition coefficient (Wildman–Crippen LogP) is 1.52. The van der Waals surface area contributed by atoms with Crippen LogP contribution in [0.15, 0.2) is 48.8 Å². The standard InChI is InChI=1S/C18H21N3O3/c1-21(2)17(22)13-24-16-8-4-3-7-15(16)18(23)20-11-9-14-6-5-10-19-12-14/h3-8,10,12H,9,11,13H2,1-2H3,(H,20,23). The lowest BCUT2D eigenvalue weighted by atomic mass is 10.1. The second kappa shape index (κ2) is 8.67. The molecule has 0 saturated carbocycles. The van der Waals surface area contributed by atoms with Crippen molar-refractivity contribution in [2.24, 2.45) is 0 Å². The number of carbonyl (C=O) groups excluding carboxylic acids is 2. The van der Waals surface area contributed by atoms with Gasteiger partial charge in [0.25, 0.3) is 11.8 Å². The maximum absolute atomic E-state index is 12.3. The third-order valence-corrected chi connectivity index (χ3v) is 3.40. The van der Waals surface area contributed by atoms with Crippen LogP contribution in [0.3, 0.4) is 0 Å². The number of ether oxygens (including phenoxy) is 1. The highest BCUT2D eigenvalue weighted by Gasteiger charge is 2.13. The maximum atomic E-state index is 12.3. The van der Waals surface area contributed by atoms with Gasteiger partial charge >= 0.3 is 0 Å². The Morgan fingerprint density at radius 1 is 1.17 bits per heavy atom. The van der Waals surface area contributed by atoms with Crippen molar-refractivity contribution < 1.29 is 14.3 Å². The molecule has 126 valence electrons. The highest BCUT2D eigenvalue weighted by molar-refractivity contribution is 5.97. The molecule has 6 nitrogen and oxygen atoms in total. The average molecular weight is 327 g/mol. The summed E-state index contributed by atoms with van der Waals surface area (Å²) in [6.07, 6.45) is 4.18. The average Bonchev–Trinajstić information content (AvgIpc) is 2.60. The molecule has 2 amide bonds. The first kappa shape index (κ1) is 17.5. The minimum Gasteiger partial charge on any atom is -0.483 e. The van der Waals surface area contributed by atoms with Crippen LogP contribution in [0, 0.1) is 0 Å². The number of carbonyl (C=O) groups is 2. The summed E-state index contributed by atoms with van der Waals surface area (Å²) in [6, 6.07) is 10.7. The van der Waals surface area contributed by atoms with E-state index in [1.165, 1.54) is 4.90 Å². The first-order valence-electron chi connectivity index (χ1n) is 7.67. The topological polar surface area (TPSA) is 71.5 Å². The molecule has 0 radical (unpaired) electrons. The quantitative estimate of drug-likeness (QED) is 0.837. The van der Waals surface area contributed by atoms with E-state index in [1.807, 2.05) is 12.1 Å². The van der Waals surface area contributed by atoms with E-state index < -0.39 is 0 Å². The molecular weight excluding hydrogens is 306 g/mol. The van der Waals surface area contributed by atoms with Crippen LogP contribution >= 0.6 is 0 Å². The van der Waals surface area contributed by atoms with Crippen molar-refractivity contribution in [3.63, 3.8) is 0 Å². The SMILES string of the molecule is CN(C)C(=O)COc1ccccc1C(=O)NCCc1cccnc1. The Bertz CT molecular complexity index is 687. The molecule has 0 aliphatic carbocycles. The van der Waals surface area contributed by atoms with Crippen molar-refractivity contribution in [3.8, 4) is 5.75 Å². The van der Waals surface area contributed by atoms with Crippen LogP contribution in [0.25, 0.3) is 0 Å². The molecule has 6 heteroatoms. The van der Waals surface area contributed by atoms with Gasteiger partial charge in [0.05, 0.1) is 5.56 Å². The molecule has 0 fully saturated rings. The van der Waals surface area contributed by atoms with Crippen LogP contribution in [0.4, 0.5) is 0 Å². The van der Waals surface area contributed by atoms with Gasteiger partial charge in [-0.05, 0) is 30.2 Å². The summed E-state index contributed by atoms with van der Waals surface area (Å²) in [4.78, 5) is 29.4. The van der Waals surface area contributed by atoms with Crippen LogP contribution in [-0.4, -0.2) is 48.9 Å². The number of rotatable bonds is 7. The fraction of sp³-hybridized carbons (Fsp3) is 0.278. The van der Waals surface area contributed by atoms with Crippen LogP contribution in [0.2, 0.25) is 0 Å². The normalized spacial score (nSPS) is 10.1. The molecule has 2 rings (SSSR count). The van der Waals surface area contributed by atoms with Crippen LogP contribution in [0.1, 0.15) is 15.9 Å². The van der Waals surface area contributed by atoms with E-state index in [-0.39, 0.29) is 18.4 Å². The Labute approximate surface area is 141 Å². The number of nitrogens with one attached hydrogen (secondary N) is 1. The lowest BCUT2D eigenvalue weighted by molar-refractivity contribution is -0.130. The van der Waals surface area contributed by atoms with Crippen molar-refractivity contribution in [2.45, 2.75) is 6.42 Å². The molecule has 0 unspecified atom stereocenters. The lowest BCUT2D eigenvalue weighted by Crippen LogP contribution is -2.29. The van der Waals surface area contributed by atoms with Gasteiger partial charge in [-0.3, -0.25) is 14.6 Å². The number of pyridine rings is 1. The molecule has 1 aromatic heterocycles. The zero-order chi connectivity index (χ0) is 17.4. The summed E-state index contributed by atoms with van der Waals surface area (Å²) >= 11 is 0. The van der Waals surface area contributed by atoms with E-state index in [9.17, 15) is 9.59 Å². The molecule has 0 spiro atoms. The van der Waals surface area contributed by atoms with E-state index in [4.69, 9.17) is 4.74 Å². The van der Waals surface area contributed by atoms with Gasteiger partial charge in [0.1, 0.15) is 5.75 Å². The van der Waals surface area contributed by atoms with Crippen molar-refractivity contribution in [1.29, 1.82) is 0 Å². The molecule has 1 aromatic carbocycles. The van der Waals surface area contributed by atoms with Gasteiger partial charge in [0.2, 0.25) is 0 Å². The summed E-state index contributed by atoms with van der Waals surface area (Å²) in [5, 5.41) is 2.86. The summed E-state index contributed by atoms with van der Waals surface area (Å²) in [6.45, 7) is 0.391. The molecule has 1 heterocycles. The fourth-order valence-corrected chi connectivity index (χ4v) is 2.01. The highest BCUT2D eigenvalue weighted by atomic mass is 16.5. The zero-order valence-corrected chi connectivity index (χ0v) is 13.9. The molecular formula is C18H21N3O3. The van der Waals surface area contributed by atoms with Crippen LogP contribution < -0.4 is 10.1 Å². The van der Waals surface area contributed by atoms with Crippen LogP contribution in [0.5, 0.6) is 5.75 Å². The zero-order valence-electron chi connectivity index (χ0n) is 13.9. The van der Waals surface area contributed by atoms with Gasteiger partial charge in [-0.15, -0.1) is 0 Å². The molecule has 0 aliphatic heterocycles. The van der Waals surface area contributed by atoms with Crippen molar-refractivity contribution in [2.75, 3.05) is 27.2 Å². The Hall–Kier alpha value is -2.89. The number of nitrogens with zero attached hydrogens (tertiary/aromatic N) is 2. The van der Waals surface area contributed by atoms with E-state index in [0.29, 0.717) is 24.3 Å². The number of aromatic nitrogens is 1. The summed E-state index contributed by atoms with van der Waals surface area (Å²) in [5.41, 5.74) is 1.47. The number of benzene rings is 1. The van der Waals surface area contributed by atoms with Crippen molar-refractivity contribution >= 4 is 11.8 Å². The Kier molecular flexibility index (Phi) is 6.31. The Morgan fingerprint density at radius 2 is 1.96 bits per heavy atom. The Morgan fingerprint density at radius 3 is 2.67 bits per heavy atom. The predicted molar refractivity (Wildman–Crippen MR) is 90.9 cm³/mol. The molecule has 0 bridgehead atoms. The minimum absolute atomic E-state index is 0.104. The molecule has 24 heavy (non-hydrogen) atoms. The fourth-order valence-electron chi connectivity index (χ4n) is 2.01. The second-order valence-electron chi connectivity index (χ2n) is 5.44. The van der Waals surface area contributed by atoms with E-state index in [2.05, 4.69) is 10.3 Å². The monoisotopic (exact) mass is 327 g/mol. The van der Waals surface area contributed by atoms with E-state index in [0.717, 1.165) is 5.56 Å². The van der Waals surface area contributed by atoms with Gasteiger partial charge in [-0.2, -0.15) is 0 Å². The number of hydrogen-bond donors (Lipinski definition) is 1. The van der Waals surface area contributed by atoms with Gasteiger partial charge in [-0.1, -0.05) is 18.2 Å². The molecule has 2 aromatic rings. The number of amides is 2. The smallest absolute Gasteiger partial charge is 0.259 e. The van der Waals surface area contributed by atoms with Gasteiger partial charge < -0.3 is 15.0 Å². The highest BCUT2D eigenvalue weighted by Crippen LogP contribution is 2.17. The third-order valence-electron chi connectivity index (χ3n) is 3.40. The molecule has 0 atom stereocenters. The van der Waals surface area contributed by atoms with E-state index in [1.54, 1.807) is 50.8 Å². The molecule has 0 saturated heterocycles. The largest absolute Gasteiger partial charge is 0.483 e. The van der Waals surface area contributed by atoms with Crippen molar-refractivity contribution in [3.05, 3.63) is 59.9 Å². The summed E-state index contributed by atoms with van der Waals surface area (Å²) in [7, 11) is 3.31. The Balaban J connectivity index is 1.92. The summed E-state index contributed by atoms with van der Waals surface area (Å²) < 4.78 is 5.48. The first-order valence-corrected chi connectivity index (χ1v) is 7.67. The molecule has 1 N–H and O–H groups in total. The minimum atomic E-state index is -0.230. The van der Waals surface area contributed by atoms with Gasteiger partial charge in [0.15, 0.2) is 6.61 Å². The van der Waals surface area contributed by atoms with Crippen molar-refractivity contribution in [1.82, 2.24) is 15.2 Å². The van der Waals surface area contributed by atoms with Crippen LogP contribution in [-0.2, 0) is 11.2 Å². The maximum Gasteiger partial charge on any atom is 0.259 e. The number of hydrogen-bond acceptors (Lipinski definition) is 4. The van der Waals surface area contributed by atoms with Gasteiger partial charge in [-0.25, -0.2) is 0 Å². The first-order chi connectivity index (χ1) is 11.6. The third kappa shape index (κ3) is 5.08. The number of para-hydroxylation sites is 1. The van der Waals surface area contributed by atoms with Gasteiger partial charge in [0, 0.05) is 33.0 Å².